The van der Waals surface area contributed by atoms with Crippen LogP contribution in [0.3, 0.4) is 0 Å². The summed E-state index contributed by atoms with van der Waals surface area (Å²) < 4.78 is 0. The topological polar surface area (TPSA) is 47.9 Å². The first kappa shape index (κ1) is 7.49. The molecule has 4 heteroatoms. The molecule has 0 aromatic rings. The predicted molar refractivity (Wildman–Crippen MR) is 35.6 cm³/mol. The molecule has 2 saturated carbocycles. The lowest BCUT2D eigenvalue weighted by atomic mass is 10.5. The van der Waals surface area contributed by atoms with E-state index in [1.165, 1.54) is 0 Å². The van der Waals surface area contributed by atoms with Crippen LogP contribution in [-0.2, 0) is 14.7 Å². The molecule has 2 rings (SSSR count). The van der Waals surface area contributed by atoms with Gasteiger partial charge in [0.15, 0.2) is 0 Å². The van der Waals surface area contributed by atoms with E-state index in [0.717, 1.165) is 12.8 Å². The van der Waals surface area contributed by atoms with E-state index in [4.69, 9.17) is 15.0 Å². The molecule has 2 aliphatic rings. The molecule has 0 saturated heterocycles. The van der Waals surface area contributed by atoms with E-state index in [1.54, 1.807) is 0 Å². The highest BCUT2D eigenvalue weighted by Gasteiger charge is 2.44. The molecule has 0 aromatic carbocycles. The first-order chi connectivity index (χ1) is 5.31. The van der Waals surface area contributed by atoms with Gasteiger partial charge in [-0.05, 0) is 12.3 Å². The Hall–Kier alpha value is -0.160. The summed E-state index contributed by atoms with van der Waals surface area (Å²) >= 11 is 0. The Bertz CT molecular complexity index is 149. The highest BCUT2D eigenvalue weighted by atomic mass is 17.2. The van der Waals surface area contributed by atoms with Gasteiger partial charge in [-0.25, -0.2) is 14.7 Å². The average molecular weight is 160 g/mol. The fourth-order valence-electron chi connectivity index (χ4n) is 0.927. The van der Waals surface area contributed by atoms with E-state index < -0.39 is 0 Å². The van der Waals surface area contributed by atoms with Crippen LogP contribution in [0, 0.1) is 5.92 Å². The molecule has 0 aromatic heterocycles. The molecule has 2 fully saturated rings. The fourth-order valence-corrected chi connectivity index (χ4v) is 0.927. The maximum absolute atomic E-state index is 8.17. The normalized spacial score (nSPS) is 47.5. The lowest BCUT2D eigenvalue weighted by molar-refractivity contribution is -0.335. The zero-order chi connectivity index (χ0) is 7.84. The number of rotatable bonds is 4. The van der Waals surface area contributed by atoms with Gasteiger partial charge in [-0.1, -0.05) is 6.92 Å². The number of hydrogen-bond acceptors (Lipinski definition) is 4. The molecule has 0 spiro atoms. The highest BCUT2D eigenvalue weighted by Crippen LogP contribution is 2.36. The van der Waals surface area contributed by atoms with Crippen LogP contribution in [0.25, 0.3) is 0 Å². The average Bonchev–Trinajstić information content (AvgIpc) is 2.83. The minimum absolute atomic E-state index is 0.0483. The summed E-state index contributed by atoms with van der Waals surface area (Å²) in [7, 11) is 0. The molecule has 4 nitrogen and oxygen atoms in total. The van der Waals surface area contributed by atoms with Gasteiger partial charge in [0.05, 0.1) is 6.10 Å². The SMILES string of the molecule is CC1CC1OOC1CC1OO. The zero-order valence-corrected chi connectivity index (χ0v) is 6.40. The van der Waals surface area contributed by atoms with Crippen LogP contribution in [0.4, 0.5) is 0 Å². The van der Waals surface area contributed by atoms with E-state index in [-0.39, 0.29) is 18.3 Å². The van der Waals surface area contributed by atoms with E-state index in [9.17, 15) is 0 Å². The summed E-state index contributed by atoms with van der Waals surface area (Å²) in [5, 5.41) is 8.17. The van der Waals surface area contributed by atoms with Crippen LogP contribution in [-0.4, -0.2) is 23.6 Å². The summed E-state index contributed by atoms with van der Waals surface area (Å²) in [6, 6.07) is 0. The molecule has 11 heavy (non-hydrogen) atoms. The summed E-state index contributed by atoms with van der Waals surface area (Å²) in [4.78, 5) is 14.0. The minimum atomic E-state index is -0.163. The molecule has 64 valence electrons. The summed E-state index contributed by atoms with van der Waals surface area (Å²) in [6.45, 7) is 2.11. The molecule has 4 unspecified atom stereocenters. The standard InChI is InChI=1S/C7H12O4/c1-4-2-5(4)10-11-7-3-6(7)9-8/h4-8H,2-3H2,1H3. The van der Waals surface area contributed by atoms with E-state index >= 15 is 0 Å². The fraction of sp³-hybridized carbons (Fsp3) is 1.00. The Kier molecular flexibility index (Phi) is 1.85. The molecule has 0 heterocycles. The lowest BCUT2D eigenvalue weighted by Gasteiger charge is -1.99. The summed E-state index contributed by atoms with van der Waals surface area (Å²) in [5.41, 5.74) is 0. The second kappa shape index (κ2) is 2.71. The molecule has 1 N–H and O–H groups in total. The molecule has 0 bridgehead atoms. The minimum Gasteiger partial charge on any atom is -0.251 e. The quantitative estimate of drug-likeness (QED) is 0.491. The van der Waals surface area contributed by atoms with Gasteiger partial charge in [0.25, 0.3) is 0 Å². The van der Waals surface area contributed by atoms with Gasteiger partial charge in [0.2, 0.25) is 0 Å². The van der Waals surface area contributed by atoms with Gasteiger partial charge in [-0.3, -0.25) is 5.26 Å². The van der Waals surface area contributed by atoms with Crippen molar-refractivity contribution in [3.8, 4) is 0 Å². The van der Waals surface area contributed by atoms with E-state index in [2.05, 4.69) is 11.8 Å². The molecule has 2 aliphatic carbocycles. The Labute approximate surface area is 64.9 Å². The summed E-state index contributed by atoms with van der Waals surface area (Å²) in [6.07, 6.45) is 1.88. The first-order valence-corrected chi connectivity index (χ1v) is 3.93. The zero-order valence-electron chi connectivity index (χ0n) is 6.40. The van der Waals surface area contributed by atoms with Crippen molar-refractivity contribution in [1.82, 2.24) is 0 Å². The highest BCUT2D eigenvalue weighted by molar-refractivity contribution is 4.88. The molecule has 0 aliphatic heterocycles. The van der Waals surface area contributed by atoms with Crippen molar-refractivity contribution in [3.63, 3.8) is 0 Å². The third-order valence-electron chi connectivity index (χ3n) is 2.15. The molecule has 4 atom stereocenters. The second-order valence-corrected chi connectivity index (χ2v) is 3.36. The molecule has 0 radical (unpaired) electrons. The van der Waals surface area contributed by atoms with Crippen molar-refractivity contribution in [2.45, 2.75) is 38.1 Å². The van der Waals surface area contributed by atoms with Gasteiger partial charge >= 0.3 is 0 Å². The molecular formula is C7H12O4. The van der Waals surface area contributed by atoms with Crippen LogP contribution in [0.5, 0.6) is 0 Å². The van der Waals surface area contributed by atoms with Crippen LogP contribution >= 0.6 is 0 Å². The van der Waals surface area contributed by atoms with Gasteiger partial charge in [0.1, 0.15) is 12.2 Å². The van der Waals surface area contributed by atoms with Gasteiger partial charge in [-0.15, -0.1) is 0 Å². The summed E-state index contributed by atoms with van der Waals surface area (Å²) in [5.74, 6) is 0.627. The smallest absolute Gasteiger partial charge is 0.125 e. The van der Waals surface area contributed by atoms with Crippen molar-refractivity contribution in [1.29, 1.82) is 0 Å². The third-order valence-corrected chi connectivity index (χ3v) is 2.15. The van der Waals surface area contributed by atoms with Crippen LogP contribution < -0.4 is 0 Å². The molecule has 0 amide bonds. The van der Waals surface area contributed by atoms with Gasteiger partial charge in [0, 0.05) is 6.42 Å². The maximum atomic E-state index is 8.17. The monoisotopic (exact) mass is 160 g/mol. The Balaban J connectivity index is 1.55. The van der Waals surface area contributed by atoms with E-state index in [1.807, 2.05) is 0 Å². The Morgan fingerprint density at radius 1 is 1.09 bits per heavy atom. The predicted octanol–water partition coefficient (Wildman–Crippen LogP) is 0.974. The van der Waals surface area contributed by atoms with Crippen molar-refractivity contribution < 1.29 is 19.9 Å². The maximum Gasteiger partial charge on any atom is 0.125 e. The Morgan fingerprint density at radius 2 is 1.73 bits per heavy atom. The van der Waals surface area contributed by atoms with Crippen LogP contribution in [0.2, 0.25) is 0 Å². The van der Waals surface area contributed by atoms with Crippen LogP contribution in [0.15, 0.2) is 0 Å². The van der Waals surface area contributed by atoms with E-state index in [0.29, 0.717) is 5.92 Å². The van der Waals surface area contributed by atoms with Crippen molar-refractivity contribution in [2.75, 3.05) is 0 Å². The van der Waals surface area contributed by atoms with Gasteiger partial charge < -0.3 is 0 Å². The first-order valence-electron chi connectivity index (χ1n) is 3.93. The molecular weight excluding hydrogens is 148 g/mol. The second-order valence-electron chi connectivity index (χ2n) is 3.36. The van der Waals surface area contributed by atoms with Gasteiger partial charge in [-0.2, -0.15) is 0 Å². The number of hydrogen-bond donors (Lipinski definition) is 1. The van der Waals surface area contributed by atoms with Crippen LogP contribution in [0.1, 0.15) is 19.8 Å². The third kappa shape index (κ3) is 1.70. The van der Waals surface area contributed by atoms with Crippen molar-refractivity contribution in [2.24, 2.45) is 5.92 Å². The van der Waals surface area contributed by atoms with Crippen molar-refractivity contribution >= 4 is 0 Å². The largest absolute Gasteiger partial charge is 0.251 e. The Morgan fingerprint density at radius 3 is 2.18 bits per heavy atom. The lowest BCUT2D eigenvalue weighted by Crippen LogP contribution is -2.04. The van der Waals surface area contributed by atoms with Crippen molar-refractivity contribution in [3.05, 3.63) is 0 Å².